The van der Waals surface area contributed by atoms with Crippen molar-refractivity contribution in [3.63, 3.8) is 0 Å². The van der Waals surface area contributed by atoms with Gasteiger partial charge in [0.1, 0.15) is 11.5 Å². The molecule has 27 heavy (non-hydrogen) atoms. The molecule has 1 atom stereocenters. The van der Waals surface area contributed by atoms with Crippen LogP contribution in [0.4, 0.5) is 0 Å². The fourth-order valence-corrected chi connectivity index (χ4v) is 4.06. The predicted octanol–water partition coefficient (Wildman–Crippen LogP) is 4.20. The molecule has 1 unspecified atom stereocenters. The lowest BCUT2D eigenvalue weighted by Crippen LogP contribution is -2.39. The van der Waals surface area contributed by atoms with E-state index in [1.165, 1.54) is 17.7 Å². The first kappa shape index (κ1) is 22.2. The molecule has 0 saturated carbocycles. The Morgan fingerprint density at radius 2 is 2.07 bits per heavy atom. The first-order valence-corrected chi connectivity index (χ1v) is 10.5. The number of guanidine groups is 1. The third-order valence-electron chi connectivity index (χ3n) is 4.68. The summed E-state index contributed by atoms with van der Waals surface area (Å²) in [6, 6.07) is 8.65. The molecule has 0 bridgehead atoms. The van der Waals surface area contributed by atoms with E-state index in [9.17, 15) is 0 Å². The minimum atomic E-state index is 0. The van der Waals surface area contributed by atoms with Crippen molar-refractivity contribution in [2.75, 3.05) is 32.7 Å². The van der Waals surface area contributed by atoms with E-state index in [1.54, 1.807) is 11.3 Å². The van der Waals surface area contributed by atoms with E-state index in [4.69, 9.17) is 9.41 Å². The second-order valence-electron chi connectivity index (χ2n) is 6.68. The summed E-state index contributed by atoms with van der Waals surface area (Å²) in [4.78, 5) is 8.75. The third-order valence-corrected chi connectivity index (χ3v) is 5.62. The molecular formula is C20H31IN4OS. The molecule has 3 heterocycles. The second-order valence-corrected chi connectivity index (χ2v) is 7.72. The number of hydrogen-bond donors (Lipinski definition) is 2. The molecule has 1 aliphatic heterocycles. The molecule has 1 aliphatic rings. The van der Waals surface area contributed by atoms with Gasteiger partial charge in [-0.1, -0.05) is 6.07 Å². The van der Waals surface area contributed by atoms with Gasteiger partial charge in [-0.2, -0.15) is 0 Å². The summed E-state index contributed by atoms with van der Waals surface area (Å²) in [5.41, 5.74) is 0. The van der Waals surface area contributed by atoms with Crippen molar-refractivity contribution in [2.24, 2.45) is 4.99 Å². The number of nitrogens with zero attached hydrogens (tertiary/aromatic N) is 2. The van der Waals surface area contributed by atoms with Gasteiger partial charge in [-0.15, -0.1) is 35.3 Å². The zero-order chi connectivity index (χ0) is 18.2. The molecule has 0 aromatic carbocycles. The molecule has 0 aliphatic carbocycles. The van der Waals surface area contributed by atoms with Crippen molar-refractivity contribution in [3.8, 4) is 0 Å². The lowest BCUT2D eigenvalue weighted by Gasteiger charge is -2.24. The summed E-state index contributed by atoms with van der Waals surface area (Å²) in [7, 11) is 0. The molecule has 0 spiro atoms. The standard InChI is InChI=1S/C20H30N4OS.HI/c1-3-21-20(22-11-10-17-7-6-14-26-17)23-15-18(24-12-4-5-13-24)19-9-8-16(2)25-19;/h6-9,14,18H,3-5,10-13,15H2,1-2H3,(H2,21,22,23);1H. The first-order chi connectivity index (χ1) is 12.8. The Kier molecular flexibility index (Phi) is 9.64. The first-order valence-electron chi connectivity index (χ1n) is 9.61. The number of furan rings is 1. The Labute approximate surface area is 183 Å². The Hall–Kier alpha value is -1.06. The number of aryl methyl sites for hydroxylation is 1. The molecule has 0 radical (unpaired) electrons. The van der Waals surface area contributed by atoms with Crippen LogP contribution in [0.2, 0.25) is 0 Å². The van der Waals surface area contributed by atoms with Crippen LogP contribution in [0.3, 0.4) is 0 Å². The highest BCUT2D eigenvalue weighted by molar-refractivity contribution is 14.0. The van der Waals surface area contributed by atoms with Gasteiger partial charge in [-0.25, -0.2) is 0 Å². The van der Waals surface area contributed by atoms with Crippen LogP contribution in [0.25, 0.3) is 0 Å². The Balaban J connectivity index is 0.00000261. The molecule has 0 amide bonds. The summed E-state index contributed by atoms with van der Waals surface area (Å²) >= 11 is 1.80. The van der Waals surface area contributed by atoms with Gasteiger partial charge in [0.15, 0.2) is 5.96 Å². The average molecular weight is 502 g/mol. The topological polar surface area (TPSA) is 52.8 Å². The summed E-state index contributed by atoms with van der Waals surface area (Å²) in [5.74, 6) is 2.88. The number of aliphatic imine (C=N–C) groups is 1. The molecular weight excluding hydrogens is 471 g/mol. The van der Waals surface area contributed by atoms with Gasteiger partial charge in [-0.05, 0) is 69.8 Å². The van der Waals surface area contributed by atoms with E-state index in [2.05, 4.69) is 46.0 Å². The molecule has 2 aromatic rings. The molecule has 2 aromatic heterocycles. The van der Waals surface area contributed by atoms with Crippen LogP contribution in [-0.2, 0) is 6.42 Å². The van der Waals surface area contributed by atoms with E-state index >= 15 is 0 Å². The molecule has 1 fully saturated rings. The number of thiophene rings is 1. The van der Waals surface area contributed by atoms with Crippen LogP contribution in [0, 0.1) is 6.92 Å². The van der Waals surface area contributed by atoms with Crippen molar-refractivity contribution in [1.29, 1.82) is 0 Å². The van der Waals surface area contributed by atoms with Crippen LogP contribution in [0.15, 0.2) is 39.1 Å². The van der Waals surface area contributed by atoms with Gasteiger partial charge < -0.3 is 15.1 Å². The SMILES string of the molecule is CCNC(=NCC(c1ccc(C)o1)N1CCCC1)NCCc1cccs1.I. The highest BCUT2D eigenvalue weighted by atomic mass is 127. The third kappa shape index (κ3) is 6.80. The Bertz CT molecular complexity index is 680. The van der Waals surface area contributed by atoms with Gasteiger partial charge in [0.05, 0.1) is 12.6 Å². The van der Waals surface area contributed by atoms with Crippen LogP contribution < -0.4 is 10.6 Å². The highest BCUT2D eigenvalue weighted by Crippen LogP contribution is 2.26. The highest BCUT2D eigenvalue weighted by Gasteiger charge is 2.25. The van der Waals surface area contributed by atoms with Gasteiger partial charge in [0, 0.05) is 18.0 Å². The predicted molar refractivity (Wildman–Crippen MR) is 124 cm³/mol. The fraction of sp³-hybridized carbons (Fsp3) is 0.550. The minimum absolute atomic E-state index is 0. The summed E-state index contributed by atoms with van der Waals surface area (Å²) in [6.45, 7) is 8.82. The van der Waals surface area contributed by atoms with Gasteiger partial charge in [-0.3, -0.25) is 9.89 Å². The quantitative estimate of drug-likeness (QED) is 0.323. The van der Waals surface area contributed by atoms with Crippen LogP contribution in [0.1, 0.15) is 42.2 Å². The number of nitrogens with one attached hydrogen (secondary N) is 2. The van der Waals surface area contributed by atoms with Crippen LogP contribution >= 0.6 is 35.3 Å². The molecule has 150 valence electrons. The lowest BCUT2D eigenvalue weighted by atomic mass is 10.2. The number of hydrogen-bond acceptors (Lipinski definition) is 4. The minimum Gasteiger partial charge on any atom is -0.465 e. The summed E-state index contributed by atoms with van der Waals surface area (Å²) in [5, 5.41) is 8.94. The largest absolute Gasteiger partial charge is 0.465 e. The van der Waals surface area contributed by atoms with Crippen molar-refractivity contribution >= 4 is 41.3 Å². The van der Waals surface area contributed by atoms with Gasteiger partial charge in [0.2, 0.25) is 0 Å². The van der Waals surface area contributed by atoms with Crippen molar-refractivity contribution < 1.29 is 4.42 Å². The fourth-order valence-electron chi connectivity index (χ4n) is 3.35. The molecule has 2 N–H and O–H groups in total. The van der Waals surface area contributed by atoms with Crippen molar-refractivity contribution in [3.05, 3.63) is 46.0 Å². The maximum atomic E-state index is 5.93. The summed E-state index contributed by atoms with van der Waals surface area (Å²) in [6.07, 6.45) is 3.55. The molecule has 3 rings (SSSR count). The zero-order valence-corrected chi connectivity index (χ0v) is 19.4. The maximum Gasteiger partial charge on any atom is 0.191 e. The van der Waals surface area contributed by atoms with E-state index in [0.717, 1.165) is 50.1 Å². The normalized spacial score (nSPS) is 16.1. The zero-order valence-electron chi connectivity index (χ0n) is 16.2. The number of halogens is 1. The molecule has 5 nitrogen and oxygen atoms in total. The maximum absolute atomic E-state index is 5.93. The smallest absolute Gasteiger partial charge is 0.191 e. The van der Waals surface area contributed by atoms with E-state index in [0.29, 0.717) is 6.54 Å². The molecule has 1 saturated heterocycles. The van der Waals surface area contributed by atoms with Crippen molar-refractivity contribution in [2.45, 2.75) is 39.2 Å². The number of likely N-dealkylation sites (tertiary alicyclic amines) is 1. The van der Waals surface area contributed by atoms with Gasteiger partial charge >= 0.3 is 0 Å². The van der Waals surface area contributed by atoms with E-state index in [1.807, 2.05) is 13.0 Å². The monoisotopic (exact) mass is 502 g/mol. The van der Waals surface area contributed by atoms with E-state index in [-0.39, 0.29) is 30.0 Å². The summed E-state index contributed by atoms with van der Waals surface area (Å²) < 4.78 is 5.93. The molecule has 7 heteroatoms. The lowest BCUT2D eigenvalue weighted by molar-refractivity contribution is 0.219. The van der Waals surface area contributed by atoms with Crippen LogP contribution in [-0.4, -0.2) is 43.6 Å². The second kappa shape index (κ2) is 11.7. The van der Waals surface area contributed by atoms with Crippen molar-refractivity contribution in [1.82, 2.24) is 15.5 Å². The van der Waals surface area contributed by atoms with Crippen LogP contribution in [0.5, 0.6) is 0 Å². The van der Waals surface area contributed by atoms with Gasteiger partial charge in [0.25, 0.3) is 0 Å². The average Bonchev–Trinajstić information content (AvgIpc) is 3.38. The Morgan fingerprint density at radius 3 is 2.70 bits per heavy atom. The number of rotatable bonds is 8. The Morgan fingerprint density at radius 1 is 1.26 bits per heavy atom. The van der Waals surface area contributed by atoms with E-state index < -0.39 is 0 Å².